The van der Waals surface area contributed by atoms with Crippen molar-refractivity contribution in [1.29, 1.82) is 0 Å². The Bertz CT molecular complexity index is 568. The molecule has 0 aliphatic carbocycles. The monoisotopic (exact) mass is 295 g/mol. The fraction of sp³-hybridized carbons (Fsp3) is 0.263. The fourth-order valence-electron chi connectivity index (χ4n) is 2.43. The Kier molecular flexibility index (Phi) is 5.90. The number of ketones is 1. The Morgan fingerprint density at radius 2 is 1.41 bits per heavy atom. The lowest BCUT2D eigenvalue weighted by Gasteiger charge is -2.17. The minimum atomic E-state index is -0.0287. The van der Waals surface area contributed by atoms with Crippen LogP contribution in [0.3, 0.4) is 0 Å². The average Bonchev–Trinajstić information content (AvgIpc) is 2.54. The molecular weight excluding hydrogens is 274 g/mol. The van der Waals surface area contributed by atoms with Crippen LogP contribution in [0.4, 0.5) is 0 Å². The minimum absolute atomic E-state index is 0.0275. The van der Waals surface area contributed by atoms with Crippen LogP contribution in [0.15, 0.2) is 60.7 Å². The topological polar surface area (TPSA) is 46.2 Å². The number of hydrogen-bond donors (Lipinski definition) is 1. The van der Waals surface area contributed by atoms with Gasteiger partial charge in [0.25, 0.3) is 0 Å². The van der Waals surface area contributed by atoms with Crippen molar-refractivity contribution in [3.05, 3.63) is 71.8 Å². The molecule has 1 amide bonds. The first-order chi connectivity index (χ1) is 10.7. The Hall–Kier alpha value is -2.42. The van der Waals surface area contributed by atoms with E-state index < -0.39 is 0 Å². The highest BCUT2D eigenvalue weighted by Gasteiger charge is 2.17. The van der Waals surface area contributed by atoms with Gasteiger partial charge in [0.05, 0.1) is 0 Å². The normalized spacial score (nSPS) is 10.5. The number of rotatable bonds is 7. The first-order valence-corrected chi connectivity index (χ1v) is 7.53. The third-order valence-electron chi connectivity index (χ3n) is 3.59. The molecule has 2 aromatic rings. The summed E-state index contributed by atoms with van der Waals surface area (Å²) in [5.74, 6) is 0.0849. The van der Waals surface area contributed by atoms with Crippen molar-refractivity contribution in [2.24, 2.45) is 0 Å². The van der Waals surface area contributed by atoms with Crippen molar-refractivity contribution in [1.82, 2.24) is 5.32 Å². The number of amides is 1. The molecule has 0 fully saturated rings. The SMILES string of the molecule is CC(=O)CCNC(=O)CC(c1ccccc1)c1ccccc1. The molecule has 0 atom stereocenters. The van der Waals surface area contributed by atoms with Crippen LogP contribution in [0.1, 0.15) is 36.8 Å². The first kappa shape index (κ1) is 16.0. The second kappa shape index (κ2) is 8.13. The summed E-state index contributed by atoms with van der Waals surface area (Å²) in [4.78, 5) is 23.1. The van der Waals surface area contributed by atoms with Crippen molar-refractivity contribution in [3.8, 4) is 0 Å². The molecule has 0 saturated heterocycles. The third kappa shape index (κ3) is 4.85. The molecule has 0 unspecified atom stereocenters. The van der Waals surface area contributed by atoms with E-state index in [0.717, 1.165) is 11.1 Å². The van der Waals surface area contributed by atoms with Gasteiger partial charge in [0.2, 0.25) is 5.91 Å². The van der Waals surface area contributed by atoms with Gasteiger partial charge in [0, 0.05) is 25.3 Å². The average molecular weight is 295 g/mol. The van der Waals surface area contributed by atoms with Crippen LogP contribution in [-0.4, -0.2) is 18.2 Å². The van der Waals surface area contributed by atoms with Crippen LogP contribution in [0.2, 0.25) is 0 Å². The predicted molar refractivity (Wildman–Crippen MR) is 87.7 cm³/mol. The van der Waals surface area contributed by atoms with Gasteiger partial charge in [0.15, 0.2) is 0 Å². The lowest BCUT2D eigenvalue weighted by Crippen LogP contribution is -2.27. The number of nitrogens with one attached hydrogen (secondary N) is 1. The van der Waals surface area contributed by atoms with E-state index >= 15 is 0 Å². The largest absolute Gasteiger partial charge is 0.356 e. The summed E-state index contributed by atoms with van der Waals surface area (Å²) in [6.07, 6.45) is 0.763. The lowest BCUT2D eigenvalue weighted by atomic mass is 9.88. The van der Waals surface area contributed by atoms with Gasteiger partial charge < -0.3 is 5.32 Å². The predicted octanol–water partition coefficient (Wildman–Crippen LogP) is 3.30. The Morgan fingerprint density at radius 3 is 1.86 bits per heavy atom. The molecule has 0 aliphatic heterocycles. The molecule has 0 bridgehead atoms. The summed E-state index contributed by atoms with van der Waals surface area (Å²) in [5, 5.41) is 2.82. The van der Waals surface area contributed by atoms with E-state index in [2.05, 4.69) is 5.32 Å². The summed E-state index contributed by atoms with van der Waals surface area (Å²) in [7, 11) is 0. The van der Waals surface area contributed by atoms with Gasteiger partial charge in [-0.25, -0.2) is 0 Å². The van der Waals surface area contributed by atoms with Crippen LogP contribution in [0.5, 0.6) is 0 Å². The summed E-state index contributed by atoms with van der Waals surface area (Å²) >= 11 is 0. The smallest absolute Gasteiger partial charge is 0.220 e. The molecular formula is C19H21NO2. The number of carbonyl (C=O) groups excluding carboxylic acids is 2. The molecule has 0 heterocycles. The van der Waals surface area contributed by atoms with E-state index in [4.69, 9.17) is 0 Å². The first-order valence-electron chi connectivity index (χ1n) is 7.53. The number of hydrogen-bond acceptors (Lipinski definition) is 2. The zero-order chi connectivity index (χ0) is 15.8. The van der Waals surface area contributed by atoms with E-state index in [1.165, 1.54) is 6.92 Å². The van der Waals surface area contributed by atoms with Gasteiger partial charge in [-0.15, -0.1) is 0 Å². The zero-order valence-electron chi connectivity index (χ0n) is 12.8. The van der Waals surface area contributed by atoms with Gasteiger partial charge in [-0.1, -0.05) is 60.7 Å². The minimum Gasteiger partial charge on any atom is -0.356 e. The molecule has 22 heavy (non-hydrogen) atoms. The van der Waals surface area contributed by atoms with E-state index in [1.54, 1.807) is 0 Å². The fourth-order valence-corrected chi connectivity index (χ4v) is 2.43. The molecule has 0 spiro atoms. The molecule has 114 valence electrons. The van der Waals surface area contributed by atoms with Crippen molar-refractivity contribution in [2.45, 2.75) is 25.7 Å². The highest BCUT2D eigenvalue weighted by Crippen LogP contribution is 2.27. The molecule has 0 radical (unpaired) electrons. The standard InChI is InChI=1S/C19H21NO2/c1-15(21)12-13-20-19(22)14-18(16-8-4-2-5-9-16)17-10-6-3-7-11-17/h2-11,18H,12-14H2,1H3,(H,20,22). The van der Waals surface area contributed by atoms with Gasteiger partial charge in [-0.05, 0) is 18.1 Å². The van der Waals surface area contributed by atoms with Crippen molar-refractivity contribution < 1.29 is 9.59 Å². The maximum absolute atomic E-state index is 12.2. The van der Waals surface area contributed by atoms with Crippen LogP contribution in [0, 0.1) is 0 Å². The zero-order valence-corrected chi connectivity index (χ0v) is 12.8. The van der Waals surface area contributed by atoms with Crippen molar-refractivity contribution in [2.75, 3.05) is 6.54 Å². The lowest BCUT2D eigenvalue weighted by molar-refractivity contribution is -0.121. The summed E-state index contributed by atoms with van der Waals surface area (Å²) in [5.41, 5.74) is 2.24. The highest BCUT2D eigenvalue weighted by molar-refractivity contribution is 5.79. The quantitative estimate of drug-likeness (QED) is 0.852. The molecule has 2 aromatic carbocycles. The molecule has 2 rings (SSSR count). The Balaban J connectivity index is 2.09. The van der Waals surface area contributed by atoms with Crippen LogP contribution in [0.25, 0.3) is 0 Å². The van der Waals surface area contributed by atoms with Crippen molar-refractivity contribution in [3.63, 3.8) is 0 Å². The van der Waals surface area contributed by atoms with Crippen LogP contribution < -0.4 is 5.32 Å². The van der Waals surface area contributed by atoms with Crippen LogP contribution in [-0.2, 0) is 9.59 Å². The Morgan fingerprint density at radius 1 is 0.909 bits per heavy atom. The molecule has 0 saturated carbocycles. The van der Waals surface area contributed by atoms with E-state index in [0.29, 0.717) is 19.4 Å². The second-order valence-electron chi connectivity index (χ2n) is 5.38. The summed E-state index contributed by atoms with van der Waals surface area (Å²) < 4.78 is 0. The molecule has 0 aromatic heterocycles. The maximum atomic E-state index is 12.2. The van der Waals surface area contributed by atoms with Gasteiger partial charge in [-0.2, -0.15) is 0 Å². The highest BCUT2D eigenvalue weighted by atomic mass is 16.1. The van der Waals surface area contributed by atoms with E-state index in [9.17, 15) is 9.59 Å². The van der Waals surface area contributed by atoms with Crippen LogP contribution >= 0.6 is 0 Å². The number of Topliss-reactive ketones (excluding diaryl/α,β-unsaturated/α-hetero) is 1. The summed E-state index contributed by atoms with van der Waals surface area (Å²) in [6, 6.07) is 20.1. The summed E-state index contributed by atoms with van der Waals surface area (Å²) in [6.45, 7) is 1.94. The van der Waals surface area contributed by atoms with E-state index in [1.807, 2.05) is 60.7 Å². The maximum Gasteiger partial charge on any atom is 0.220 e. The number of carbonyl (C=O) groups is 2. The molecule has 0 aliphatic rings. The van der Waals surface area contributed by atoms with E-state index in [-0.39, 0.29) is 17.6 Å². The number of benzene rings is 2. The van der Waals surface area contributed by atoms with Crippen molar-refractivity contribution >= 4 is 11.7 Å². The second-order valence-corrected chi connectivity index (χ2v) is 5.38. The molecule has 1 N–H and O–H groups in total. The van der Waals surface area contributed by atoms with Gasteiger partial charge >= 0.3 is 0 Å². The Labute approximate surface area is 131 Å². The molecule has 3 heteroatoms. The third-order valence-corrected chi connectivity index (χ3v) is 3.59. The molecule has 3 nitrogen and oxygen atoms in total. The van der Waals surface area contributed by atoms with Gasteiger partial charge in [-0.3, -0.25) is 9.59 Å². The van der Waals surface area contributed by atoms with Gasteiger partial charge in [0.1, 0.15) is 5.78 Å².